The highest BCUT2D eigenvalue weighted by Gasteiger charge is 2.09. The zero-order valence-corrected chi connectivity index (χ0v) is 33.8. The second-order valence-electron chi connectivity index (χ2n) is 15.1. The molecule has 0 saturated heterocycles. The van der Waals surface area contributed by atoms with Crippen LogP contribution in [0.4, 0.5) is 0 Å². The van der Waals surface area contributed by atoms with Gasteiger partial charge in [0.2, 0.25) is 0 Å². The van der Waals surface area contributed by atoms with Crippen LogP contribution in [-0.2, 0) is 9.68 Å². The second kappa shape index (κ2) is 43.0. The quantitative estimate of drug-likeness (QED) is 0.0512. The molecular weight excluding hydrogens is 590 g/mol. The standard InChI is InChI=1S/C43H91N3O2/c1-5-8-11-14-17-20-23-26-29-32-37-45(38-33-30-27-24-21-18-15-12-9-6-2)40-35-41-46(42-36-43-48-44-47-4)39-34-31-28-25-22-19-16-13-10-7-3/h44H,5-43H2,1-4H3. The van der Waals surface area contributed by atoms with E-state index in [2.05, 4.69) is 36.2 Å². The summed E-state index contributed by atoms with van der Waals surface area (Å²) in [5, 5.41) is 0. The van der Waals surface area contributed by atoms with Crippen LogP contribution in [0.25, 0.3) is 0 Å². The monoisotopic (exact) mass is 682 g/mol. The molecule has 0 rings (SSSR count). The predicted molar refractivity (Wildman–Crippen MR) is 214 cm³/mol. The van der Waals surface area contributed by atoms with Crippen molar-refractivity contribution >= 4 is 0 Å². The van der Waals surface area contributed by atoms with Gasteiger partial charge in [0.05, 0.1) is 13.7 Å². The van der Waals surface area contributed by atoms with Crippen LogP contribution < -0.4 is 5.64 Å². The van der Waals surface area contributed by atoms with E-state index in [1.807, 2.05) is 0 Å². The molecule has 0 aliphatic heterocycles. The van der Waals surface area contributed by atoms with E-state index >= 15 is 0 Å². The lowest BCUT2D eigenvalue weighted by molar-refractivity contribution is -0.152. The number of nitrogens with zero attached hydrogens (tertiary/aromatic N) is 2. The fourth-order valence-electron chi connectivity index (χ4n) is 7.12. The third kappa shape index (κ3) is 38.6. The minimum absolute atomic E-state index is 0.700. The lowest BCUT2D eigenvalue weighted by atomic mass is 10.1. The lowest BCUT2D eigenvalue weighted by Crippen LogP contribution is -2.33. The molecule has 0 aromatic rings. The van der Waals surface area contributed by atoms with Gasteiger partial charge >= 0.3 is 0 Å². The molecule has 0 heterocycles. The smallest absolute Gasteiger partial charge is 0.0721 e. The van der Waals surface area contributed by atoms with Crippen LogP contribution in [-0.4, -0.2) is 62.8 Å². The minimum Gasteiger partial charge on any atom is -0.303 e. The van der Waals surface area contributed by atoms with Crippen molar-refractivity contribution in [3.8, 4) is 0 Å². The molecule has 0 atom stereocenters. The van der Waals surface area contributed by atoms with Crippen LogP contribution in [0.3, 0.4) is 0 Å². The largest absolute Gasteiger partial charge is 0.303 e. The van der Waals surface area contributed by atoms with E-state index in [-0.39, 0.29) is 0 Å². The van der Waals surface area contributed by atoms with Crippen molar-refractivity contribution in [2.24, 2.45) is 0 Å². The highest BCUT2D eigenvalue weighted by molar-refractivity contribution is 4.65. The molecule has 5 nitrogen and oxygen atoms in total. The van der Waals surface area contributed by atoms with Crippen LogP contribution in [0, 0.1) is 0 Å². The fourth-order valence-corrected chi connectivity index (χ4v) is 7.12. The highest BCUT2D eigenvalue weighted by atomic mass is 16.9. The van der Waals surface area contributed by atoms with Crippen LogP contribution in [0.15, 0.2) is 0 Å². The summed E-state index contributed by atoms with van der Waals surface area (Å²) in [5.74, 6) is 0. The zero-order valence-electron chi connectivity index (χ0n) is 33.8. The average molecular weight is 682 g/mol. The summed E-state index contributed by atoms with van der Waals surface area (Å²) in [6.07, 6.45) is 45.0. The van der Waals surface area contributed by atoms with Gasteiger partial charge in [-0.3, -0.25) is 9.68 Å². The first-order valence-electron chi connectivity index (χ1n) is 22.1. The minimum atomic E-state index is 0.700. The molecule has 0 aliphatic rings. The molecule has 1 N–H and O–H groups in total. The van der Waals surface area contributed by atoms with E-state index in [1.54, 1.807) is 7.11 Å². The first kappa shape index (κ1) is 47.8. The van der Waals surface area contributed by atoms with Crippen molar-refractivity contribution in [1.29, 1.82) is 0 Å². The molecule has 0 saturated carbocycles. The Hall–Kier alpha value is -0.200. The van der Waals surface area contributed by atoms with E-state index in [0.29, 0.717) is 6.61 Å². The number of rotatable bonds is 43. The summed E-state index contributed by atoms with van der Waals surface area (Å²) in [7, 11) is 1.61. The fraction of sp³-hybridized carbons (Fsp3) is 1.00. The molecule has 0 spiro atoms. The van der Waals surface area contributed by atoms with Gasteiger partial charge in [-0.2, -0.15) is 0 Å². The maximum absolute atomic E-state index is 5.38. The molecule has 5 heteroatoms. The summed E-state index contributed by atoms with van der Waals surface area (Å²) in [6.45, 7) is 15.1. The maximum atomic E-state index is 5.38. The third-order valence-electron chi connectivity index (χ3n) is 10.3. The van der Waals surface area contributed by atoms with Gasteiger partial charge in [-0.05, 0) is 64.8 Å². The van der Waals surface area contributed by atoms with E-state index in [4.69, 9.17) is 9.68 Å². The Balaban J connectivity index is 4.50. The van der Waals surface area contributed by atoms with Crippen LogP contribution in [0.5, 0.6) is 0 Å². The van der Waals surface area contributed by atoms with Crippen molar-refractivity contribution in [1.82, 2.24) is 15.4 Å². The van der Waals surface area contributed by atoms with Crippen molar-refractivity contribution in [2.45, 2.75) is 226 Å². The Morgan fingerprint density at radius 2 is 0.562 bits per heavy atom. The van der Waals surface area contributed by atoms with E-state index in [1.165, 1.54) is 232 Å². The van der Waals surface area contributed by atoms with Gasteiger partial charge in [-0.25, -0.2) is 0 Å². The molecule has 0 radical (unpaired) electrons. The highest BCUT2D eigenvalue weighted by Crippen LogP contribution is 2.14. The molecule has 0 unspecified atom stereocenters. The third-order valence-corrected chi connectivity index (χ3v) is 10.3. The van der Waals surface area contributed by atoms with Crippen molar-refractivity contribution < 1.29 is 9.68 Å². The molecule has 0 bridgehead atoms. The van der Waals surface area contributed by atoms with Gasteiger partial charge < -0.3 is 9.80 Å². The topological polar surface area (TPSA) is 37.0 Å². The average Bonchev–Trinajstić information content (AvgIpc) is 3.09. The van der Waals surface area contributed by atoms with Gasteiger partial charge in [0, 0.05) is 6.54 Å². The Morgan fingerprint density at radius 3 is 0.854 bits per heavy atom. The summed E-state index contributed by atoms with van der Waals surface area (Å²) < 4.78 is 0. The van der Waals surface area contributed by atoms with Gasteiger partial charge in [0.1, 0.15) is 0 Å². The molecule has 48 heavy (non-hydrogen) atoms. The summed E-state index contributed by atoms with van der Waals surface area (Å²) in [6, 6.07) is 0. The lowest BCUT2D eigenvalue weighted by Gasteiger charge is -2.26. The second-order valence-corrected chi connectivity index (χ2v) is 15.1. The van der Waals surface area contributed by atoms with Crippen LogP contribution in [0.1, 0.15) is 226 Å². The molecule has 0 fully saturated rings. The first-order valence-corrected chi connectivity index (χ1v) is 22.1. The van der Waals surface area contributed by atoms with Crippen molar-refractivity contribution in [3.63, 3.8) is 0 Å². The van der Waals surface area contributed by atoms with E-state index in [9.17, 15) is 0 Å². The summed E-state index contributed by atoms with van der Waals surface area (Å²) in [4.78, 5) is 15.8. The van der Waals surface area contributed by atoms with E-state index in [0.717, 1.165) is 13.0 Å². The number of hydrogen-bond acceptors (Lipinski definition) is 5. The predicted octanol–water partition coefficient (Wildman–Crippen LogP) is 13.2. The number of unbranched alkanes of at least 4 members (excludes halogenated alkanes) is 27. The van der Waals surface area contributed by atoms with E-state index < -0.39 is 0 Å². The van der Waals surface area contributed by atoms with Crippen LogP contribution in [0.2, 0.25) is 0 Å². The molecular formula is C43H91N3O2. The Bertz CT molecular complexity index is 540. The Labute approximate surface area is 303 Å². The molecule has 0 amide bonds. The SMILES string of the molecule is CCCCCCCCCCCCN(CCCCCCCCCCCC)CCCN(CCCCCCCCCCCC)CCCONOC. The molecule has 0 aliphatic carbocycles. The number of nitrogens with one attached hydrogen (secondary N) is 1. The maximum Gasteiger partial charge on any atom is 0.0721 e. The van der Waals surface area contributed by atoms with Crippen LogP contribution >= 0.6 is 0 Å². The molecule has 290 valence electrons. The zero-order chi connectivity index (χ0) is 34.9. The molecule has 0 aromatic carbocycles. The number of hydrogen-bond donors (Lipinski definition) is 1. The molecule has 0 aromatic heterocycles. The summed E-state index contributed by atoms with van der Waals surface area (Å²) >= 11 is 0. The first-order chi connectivity index (χ1) is 23.8. The van der Waals surface area contributed by atoms with Gasteiger partial charge in [0.25, 0.3) is 0 Å². The van der Waals surface area contributed by atoms with Gasteiger partial charge in [0.15, 0.2) is 0 Å². The summed E-state index contributed by atoms with van der Waals surface area (Å²) in [5.41, 5.74) is 2.53. The Morgan fingerprint density at radius 1 is 0.312 bits per heavy atom. The van der Waals surface area contributed by atoms with Gasteiger partial charge in [-0.15, -0.1) is 0 Å². The normalized spacial score (nSPS) is 11.9. The van der Waals surface area contributed by atoms with Gasteiger partial charge in [-0.1, -0.05) is 200 Å². The van der Waals surface area contributed by atoms with Crippen molar-refractivity contribution in [2.75, 3.05) is 53.0 Å². The van der Waals surface area contributed by atoms with Crippen molar-refractivity contribution in [3.05, 3.63) is 0 Å². The Kier molecular flexibility index (Phi) is 42.8.